The van der Waals surface area contributed by atoms with Crippen molar-refractivity contribution in [1.29, 1.82) is 5.26 Å². The van der Waals surface area contributed by atoms with E-state index in [2.05, 4.69) is 15.9 Å². The highest BCUT2D eigenvalue weighted by Crippen LogP contribution is 2.37. The first-order valence-electron chi connectivity index (χ1n) is 14.6. The van der Waals surface area contributed by atoms with Gasteiger partial charge in [0, 0.05) is 50.5 Å². The average Bonchev–Trinajstić information content (AvgIpc) is 3.32. The highest BCUT2D eigenvalue weighted by molar-refractivity contribution is 8.26. The van der Waals surface area contributed by atoms with Crippen LogP contribution in [-0.4, -0.2) is 66.6 Å². The number of benzene rings is 2. The number of hydrogen-bond acceptors (Lipinski definition) is 9. The zero-order valence-electron chi connectivity index (χ0n) is 25.6. The molecule has 0 unspecified atom stereocenters. The lowest BCUT2D eigenvalue weighted by Gasteiger charge is -2.39. The molecule has 2 aliphatic rings. The third-order valence-electron chi connectivity index (χ3n) is 8.15. The lowest BCUT2D eigenvalue weighted by atomic mass is 10.0. The number of thiocarbonyl (C=S) groups is 1. The quantitative estimate of drug-likeness (QED) is 0.236. The van der Waals surface area contributed by atoms with Gasteiger partial charge in [0.05, 0.1) is 19.1 Å². The summed E-state index contributed by atoms with van der Waals surface area (Å²) < 4.78 is 26.3. The second-order valence-electron chi connectivity index (χ2n) is 10.6. The molecule has 0 radical (unpaired) electrons. The molecular formula is C33H34FN5O4S2. The van der Waals surface area contributed by atoms with Crippen LogP contribution in [-0.2, 0) is 17.8 Å². The number of amides is 1. The van der Waals surface area contributed by atoms with Crippen molar-refractivity contribution in [3.8, 4) is 17.6 Å². The monoisotopic (exact) mass is 647 g/mol. The summed E-state index contributed by atoms with van der Waals surface area (Å²) in [6.07, 6.45) is 2.33. The minimum Gasteiger partial charge on any atom is -0.493 e. The number of thioether (sulfide) groups is 1. The van der Waals surface area contributed by atoms with Crippen molar-refractivity contribution >= 4 is 51.8 Å². The van der Waals surface area contributed by atoms with Gasteiger partial charge in [-0.3, -0.25) is 19.1 Å². The van der Waals surface area contributed by atoms with Crippen LogP contribution in [0.1, 0.15) is 29.2 Å². The van der Waals surface area contributed by atoms with Gasteiger partial charge >= 0.3 is 0 Å². The Morgan fingerprint density at radius 2 is 1.69 bits per heavy atom. The van der Waals surface area contributed by atoms with E-state index in [4.69, 9.17) is 21.7 Å². The van der Waals surface area contributed by atoms with E-state index in [1.165, 1.54) is 23.9 Å². The summed E-state index contributed by atoms with van der Waals surface area (Å²) in [6, 6.07) is 14.1. The van der Waals surface area contributed by atoms with Gasteiger partial charge in [-0.1, -0.05) is 30.0 Å². The maximum Gasteiger partial charge on any atom is 0.270 e. The molecule has 45 heavy (non-hydrogen) atoms. The van der Waals surface area contributed by atoms with Crippen molar-refractivity contribution in [2.75, 3.05) is 56.7 Å². The van der Waals surface area contributed by atoms with Gasteiger partial charge in [0.1, 0.15) is 27.6 Å². The summed E-state index contributed by atoms with van der Waals surface area (Å²) in [5.74, 6) is 1.41. The Kier molecular flexibility index (Phi) is 9.80. The summed E-state index contributed by atoms with van der Waals surface area (Å²) in [4.78, 5) is 33.4. The number of aromatic nitrogens is 1. The highest BCUT2D eigenvalue weighted by Gasteiger charge is 2.33. The molecule has 5 rings (SSSR count). The summed E-state index contributed by atoms with van der Waals surface area (Å²) in [5, 5.41) is 9.92. The van der Waals surface area contributed by atoms with Gasteiger partial charge in [-0.05, 0) is 73.9 Å². The molecule has 0 spiro atoms. The van der Waals surface area contributed by atoms with E-state index in [1.54, 1.807) is 48.8 Å². The van der Waals surface area contributed by atoms with E-state index >= 15 is 0 Å². The lowest BCUT2D eigenvalue weighted by Crippen LogP contribution is -2.48. The van der Waals surface area contributed by atoms with E-state index < -0.39 is 0 Å². The number of carbonyl (C=O) groups is 1. The first-order valence-corrected chi connectivity index (χ1v) is 15.8. The molecule has 234 valence electrons. The number of pyridine rings is 1. The number of methoxy groups -OCH3 is 2. The number of nitriles is 1. The third-order valence-corrected chi connectivity index (χ3v) is 9.53. The molecule has 3 aromatic rings. The smallest absolute Gasteiger partial charge is 0.270 e. The Balaban J connectivity index is 1.44. The molecule has 0 atom stereocenters. The summed E-state index contributed by atoms with van der Waals surface area (Å²) in [7, 11) is 3.16. The molecule has 1 aromatic heterocycles. The molecule has 0 bridgehead atoms. The van der Waals surface area contributed by atoms with Crippen LogP contribution in [0.15, 0.2) is 52.2 Å². The Morgan fingerprint density at radius 3 is 2.31 bits per heavy atom. The molecule has 2 aromatic carbocycles. The Bertz CT molecular complexity index is 1760. The predicted molar refractivity (Wildman–Crippen MR) is 180 cm³/mol. The first kappa shape index (κ1) is 32.1. The van der Waals surface area contributed by atoms with Crippen LogP contribution in [0.25, 0.3) is 6.08 Å². The molecule has 0 saturated carbocycles. The Labute approximate surface area is 271 Å². The molecule has 1 amide bonds. The van der Waals surface area contributed by atoms with Crippen LogP contribution in [0.2, 0.25) is 0 Å². The molecular weight excluding hydrogens is 614 g/mol. The van der Waals surface area contributed by atoms with Crippen molar-refractivity contribution in [2.45, 2.75) is 26.8 Å². The zero-order valence-corrected chi connectivity index (χ0v) is 27.3. The van der Waals surface area contributed by atoms with E-state index in [1.807, 2.05) is 25.1 Å². The Morgan fingerprint density at radius 1 is 1.02 bits per heavy atom. The fourth-order valence-corrected chi connectivity index (χ4v) is 7.00. The number of hydrogen-bond donors (Lipinski definition) is 0. The normalized spacial score (nSPS) is 16.0. The molecule has 2 saturated heterocycles. The number of nitrogens with zero attached hydrogens (tertiary/aromatic N) is 5. The van der Waals surface area contributed by atoms with E-state index in [9.17, 15) is 19.2 Å². The van der Waals surface area contributed by atoms with Gasteiger partial charge in [-0.15, -0.1) is 0 Å². The van der Waals surface area contributed by atoms with Gasteiger partial charge in [-0.25, -0.2) is 4.39 Å². The van der Waals surface area contributed by atoms with Crippen LogP contribution >= 0.6 is 24.0 Å². The van der Waals surface area contributed by atoms with Crippen molar-refractivity contribution in [1.82, 2.24) is 9.47 Å². The van der Waals surface area contributed by atoms with E-state index in [0.29, 0.717) is 83.4 Å². The number of carbonyl (C=O) groups excluding carboxylic acids is 1. The van der Waals surface area contributed by atoms with E-state index in [-0.39, 0.29) is 22.8 Å². The fraction of sp³-hybridized carbons (Fsp3) is 0.333. The SMILES string of the molecule is CCn1c(N2CCN(c3ccc(F)cc3)CC2)c(/C=C2/SC(=S)N(CCc3ccc(OC)c(OC)c3)C2=O)c(C)c(C#N)c1=O. The predicted octanol–water partition coefficient (Wildman–Crippen LogP) is 4.98. The minimum atomic E-state index is -0.354. The van der Waals surface area contributed by atoms with Gasteiger partial charge in [0.15, 0.2) is 11.5 Å². The molecule has 3 heterocycles. The molecule has 0 aliphatic carbocycles. The first-order chi connectivity index (χ1) is 21.7. The third kappa shape index (κ3) is 6.41. The van der Waals surface area contributed by atoms with Gasteiger partial charge in [-0.2, -0.15) is 5.26 Å². The summed E-state index contributed by atoms with van der Waals surface area (Å²) >= 11 is 6.84. The van der Waals surface area contributed by atoms with Crippen LogP contribution in [0.3, 0.4) is 0 Å². The second kappa shape index (κ2) is 13.7. The molecule has 2 aliphatic heterocycles. The molecule has 2 fully saturated rings. The number of rotatable bonds is 9. The Hall–Kier alpha value is -4.34. The van der Waals surface area contributed by atoms with Crippen LogP contribution < -0.4 is 24.8 Å². The fourth-order valence-electron chi connectivity index (χ4n) is 5.71. The molecule has 12 heteroatoms. The number of anilines is 2. The van der Waals surface area contributed by atoms with Gasteiger partial charge < -0.3 is 19.3 Å². The molecule has 0 N–H and O–H groups in total. The van der Waals surface area contributed by atoms with Crippen LogP contribution in [0.5, 0.6) is 11.5 Å². The topological polar surface area (TPSA) is 91.0 Å². The average molecular weight is 648 g/mol. The zero-order chi connectivity index (χ0) is 32.2. The lowest BCUT2D eigenvalue weighted by molar-refractivity contribution is -0.122. The number of ether oxygens (including phenoxy) is 2. The van der Waals surface area contributed by atoms with Gasteiger partial charge in [0.25, 0.3) is 11.5 Å². The largest absolute Gasteiger partial charge is 0.493 e. The maximum atomic E-state index is 13.7. The van der Waals surface area contributed by atoms with Gasteiger partial charge in [0.2, 0.25) is 0 Å². The van der Waals surface area contributed by atoms with E-state index in [0.717, 1.165) is 11.3 Å². The van der Waals surface area contributed by atoms with Crippen LogP contribution in [0.4, 0.5) is 15.9 Å². The standard InChI is InChI=1S/C33H34FN5O4S2/c1-5-38-30(37-16-14-36(15-17-37)24-9-7-23(34)8-10-24)25(21(2)26(20-35)31(38)40)19-29-32(41)39(33(44)45-29)13-12-22-6-11-27(42-3)28(18-22)43-4/h6-11,18-19H,5,12-17H2,1-4H3/b29-19+. The number of halogens is 1. The van der Waals surface area contributed by atoms with Crippen LogP contribution in [0, 0.1) is 24.1 Å². The molecule has 9 nitrogen and oxygen atoms in total. The van der Waals surface area contributed by atoms with Crippen molar-refractivity contribution < 1.29 is 18.7 Å². The van der Waals surface area contributed by atoms with Crippen molar-refractivity contribution in [3.63, 3.8) is 0 Å². The van der Waals surface area contributed by atoms with Crippen molar-refractivity contribution in [3.05, 3.63) is 85.8 Å². The van der Waals surface area contributed by atoms with Crippen molar-refractivity contribution in [2.24, 2.45) is 0 Å². The maximum absolute atomic E-state index is 13.7. The summed E-state index contributed by atoms with van der Waals surface area (Å²) in [5.41, 5.74) is 2.78. The minimum absolute atomic E-state index is 0.0562. The highest BCUT2D eigenvalue weighted by atomic mass is 32.2. The second-order valence-corrected chi connectivity index (χ2v) is 12.3. The number of piperazine rings is 1. The summed E-state index contributed by atoms with van der Waals surface area (Å²) in [6.45, 7) is 6.85.